The van der Waals surface area contributed by atoms with E-state index in [1.165, 1.54) is 0 Å². The normalized spacial score (nSPS) is 16.1. The zero-order valence-electron chi connectivity index (χ0n) is 9.60. The van der Waals surface area contributed by atoms with E-state index in [1.807, 2.05) is 17.0 Å². The average Bonchev–Trinajstić information content (AvgIpc) is 2.25. The molecule has 1 saturated heterocycles. The van der Waals surface area contributed by atoms with E-state index in [4.69, 9.17) is 5.11 Å². The number of carbonyl (C=O) groups excluding carboxylic acids is 1. The summed E-state index contributed by atoms with van der Waals surface area (Å²) in [7, 11) is 0. The summed E-state index contributed by atoms with van der Waals surface area (Å²) < 4.78 is 0.951. The fraction of sp³-hybridized carbons (Fsp3) is 0.333. The quantitative estimate of drug-likeness (QED) is 0.882. The van der Waals surface area contributed by atoms with Crippen LogP contribution in [-0.4, -0.2) is 41.5 Å². The lowest BCUT2D eigenvalue weighted by Gasteiger charge is -2.35. The first-order valence-corrected chi connectivity index (χ1v) is 6.34. The van der Waals surface area contributed by atoms with E-state index in [9.17, 15) is 9.59 Å². The van der Waals surface area contributed by atoms with Gasteiger partial charge in [0.15, 0.2) is 0 Å². The molecular weight excluding hydrogens is 300 g/mol. The zero-order valence-corrected chi connectivity index (χ0v) is 11.2. The Balaban J connectivity index is 1.76. The first kappa shape index (κ1) is 13.0. The van der Waals surface area contributed by atoms with Crippen molar-refractivity contribution in [1.29, 1.82) is 0 Å². The minimum atomic E-state index is -0.792. The van der Waals surface area contributed by atoms with Crippen molar-refractivity contribution in [1.82, 2.24) is 4.90 Å². The van der Waals surface area contributed by atoms with Gasteiger partial charge in [0.1, 0.15) is 0 Å². The summed E-state index contributed by atoms with van der Waals surface area (Å²) >= 11 is 3.32. The molecule has 1 amide bonds. The van der Waals surface area contributed by atoms with E-state index in [0.717, 1.165) is 10.2 Å². The molecular formula is C12H13BrN2O3. The third-order valence-electron chi connectivity index (χ3n) is 2.80. The van der Waals surface area contributed by atoms with E-state index < -0.39 is 5.97 Å². The average molecular weight is 313 g/mol. The van der Waals surface area contributed by atoms with Gasteiger partial charge < -0.3 is 10.4 Å². The lowest BCUT2D eigenvalue weighted by atomic mass is 10.0. The molecule has 18 heavy (non-hydrogen) atoms. The molecule has 2 rings (SSSR count). The number of hydrogen-bond acceptors (Lipinski definition) is 3. The Kier molecular flexibility index (Phi) is 3.98. The smallest absolute Gasteiger partial charge is 0.309 e. The largest absolute Gasteiger partial charge is 0.481 e. The van der Waals surface area contributed by atoms with Gasteiger partial charge in [-0.05, 0) is 24.3 Å². The molecule has 1 aromatic rings. The van der Waals surface area contributed by atoms with Crippen LogP contribution in [0.25, 0.3) is 0 Å². The van der Waals surface area contributed by atoms with Crippen LogP contribution >= 0.6 is 15.9 Å². The number of benzene rings is 1. The number of carboxylic acids is 1. The summed E-state index contributed by atoms with van der Waals surface area (Å²) in [4.78, 5) is 24.1. The van der Waals surface area contributed by atoms with Gasteiger partial charge in [0.25, 0.3) is 0 Å². The van der Waals surface area contributed by atoms with Crippen molar-refractivity contribution in [2.24, 2.45) is 5.92 Å². The molecule has 6 heteroatoms. The van der Waals surface area contributed by atoms with Gasteiger partial charge in [-0.2, -0.15) is 0 Å². The maximum atomic E-state index is 11.7. The SMILES string of the molecule is O=C(CN1CC(C(=O)O)C1)Nc1ccc(Br)cc1. The Labute approximate surface area is 113 Å². The van der Waals surface area contributed by atoms with Crippen molar-refractivity contribution in [3.8, 4) is 0 Å². The molecule has 1 fully saturated rings. The van der Waals surface area contributed by atoms with Gasteiger partial charge in [-0.1, -0.05) is 15.9 Å². The molecule has 0 bridgehead atoms. The highest BCUT2D eigenvalue weighted by Crippen LogP contribution is 2.16. The minimum Gasteiger partial charge on any atom is -0.481 e. The Bertz CT molecular complexity index is 455. The number of carboxylic acid groups (broad SMARTS) is 1. The number of nitrogens with one attached hydrogen (secondary N) is 1. The first-order valence-electron chi connectivity index (χ1n) is 5.55. The summed E-state index contributed by atoms with van der Waals surface area (Å²) in [5.74, 6) is -1.24. The molecule has 0 atom stereocenters. The summed E-state index contributed by atoms with van der Waals surface area (Å²) in [6.45, 7) is 1.13. The molecule has 96 valence electrons. The number of amides is 1. The van der Waals surface area contributed by atoms with E-state index >= 15 is 0 Å². The van der Waals surface area contributed by atoms with Crippen molar-refractivity contribution < 1.29 is 14.7 Å². The van der Waals surface area contributed by atoms with Crippen LogP contribution in [0.5, 0.6) is 0 Å². The standard InChI is InChI=1S/C12H13BrN2O3/c13-9-1-3-10(4-2-9)14-11(16)7-15-5-8(6-15)12(17)18/h1-4,8H,5-7H2,(H,14,16)(H,17,18). The van der Waals surface area contributed by atoms with Gasteiger partial charge in [-0.25, -0.2) is 0 Å². The summed E-state index contributed by atoms with van der Waals surface area (Å²) in [6.07, 6.45) is 0. The van der Waals surface area contributed by atoms with Crippen LogP contribution in [0.1, 0.15) is 0 Å². The number of likely N-dealkylation sites (tertiary alicyclic amines) is 1. The van der Waals surface area contributed by atoms with Crippen LogP contribution in [0.3, 0.4) is 0 Å². The first-order chi connectivity index (χ1) is 8.54. The number of halogens is 1. The fourth-order valence-electron chi connectivity index (χ4n) is 1.79. The molecule has 1 aliphatic heterocycles. The van der Waals surface area contributed by atoms with Gasteiger partial charge in [0.2, 0.25) is 5.91 Å². The Morgan fingerprint density at radius 2 is 1.94 bits per heavy atom. The van der Waals surface area contributed by atoms with Crippen LogP contribution in [0.15, 0.2) is 28.7 Å². The number of carbonyl (C=O) groups is 2. The van der Waals surface area contributed by atoms with E-state index in [1.54, 1.807) is 12.1 Å². The monoisotopic (exact) mass is 312 g/mol. The van der Waals surface area contributed by atoms with Crippen molar-refractivity contribution in [3.63, 3.8) is 0 Å². The molecule has 0 aromatic heterocycles. The van der Waals surface area contributed by atoms with Gasteiger partial charge in [0, 0.05) is 23.2 Å². The zero-order chi connectivity index (χ0) is 13.1. The fourth-order valence-corrected chi connectivity index (χ4v) is 2.06. The Morgan fingerprint density at radius 1 is 1.33 bits per heavy atom. The molecule has 1 aliphatic rings. The second kappa shape index (κ2) is 5.49. The van der Waals surface area contributed by atoms with Gasteiger partial charge in [-0.15, -0.1) is 0 Å². The topological polar surface area (TPSA) is 69.6 Å². The molecule has 0 saturated carbocycles. The second-order valence-electron chi connectivity index (χ2n) is 4.28. The molecule has 0 unspecified atom stereocenters. The van der Waals surface area contributed by atoms with Crippen LogP contribution in [-0.2, 0) is 9.59 Å². The predicted molar refractivity (Wildman–Crippen MR) is 70.3 cm³/mol. The maximum absolute atomic E-state index is 11.7. The van der Waals surface area contributed by atoms with Crippen molar-refractivity contribution in [2.75, 3.05) is 25.0 Å². The molecule has 5 nitrogen and oxygen atoms in total. The van der Waals surface area contributed by atoms with Crippen molar-refractivity contribution in [3.05, 3.63) is 28.7 Å². The molecule has 1 heterocycles. The Morgan fingerprint density at radius 3 is 2.50 bits per heavy atom. The second-order valence-corrected chi connectivity index (χ2v) is 5.20. The molecule has 0 spiro atoms. The van der Waals surface area contributed by atoms with E-state index in [-0.39, 0.29) is 18.4 Å². The van der Waals surface area contributed by atoms with Crippen LogP contribution in [0.2, 0.25) is 0 Å². The molecule has 1 aromatic carbocycles. The third-order valence-corrected chi connectivity index (χ3v) is 3.33. The molecule has 0 radical (unpaired) electrons. The number of anilines is 1. The van der Waals surface area contributed by atoms with Crippen LogP contribution in [0, 0.1) is 5.92 Å². The van der Waals surface area contributed by atoms with E-state index in [0.29, 0.717) is 13.1 Å². The van der Waals surface area contributed by atoms with Gasteiger partial charge in [-0.3, -0.25) is 14.5 Å². The number of rotatable bonds is 4. The minimum absolute atomic E-state index is 0.124. The Hall–Kier alpha value is -1.40. The lowest BCUT2D eigenvalue weighted by Crippen LogP contribution is -2.52. The summed E-state index contributed by atoms with van der Waals surface area (Å²) in [5.41, 5.74) is 0.735. The van der Waals surface area contributed by atoms with Crippen molar-refractivity contribution >= 4 is 33.5 Å². The van der Waals surface area contributed by atoms with Crippen LogP contribution < -0.4 is 5.32 Å². The third kappa shape index (κ3) is 3.30. The number of nitrogens with zero attached hydrogens (tertiary/aromatic N) is 1. The number of hydrogen-bond donors (Lipinski definition) is 2. The highest BCUT2D eigenvalue weighted by Gasteiger charge is 2.33. The predicted octanol–water partition coefficient (Wildman–Crippen LogP) is 1.40. The van der Waals surface area contributed by atoms with Crippen molar-refractivity contribution in [2.45, 2.75) is 0 Å². The van der Waals surface area contributed by atoms with Crippen LogP contribution in [0.4, 0.5) is 5.69 Å². The summed E-state index contributed by atoms with van der Waals surface area (Å²) in [6, 6.07) is 7.30. The lowest BCUT2D eigenvalue weighted by molar-refractivity contribution is -0.148. The maximum Gasteiger partial charge on any atom is 0.309 e. The highest BCUT2D eigenvalue weighted by molar-refractivity contribution is 9.10. The van der Waals surface area contributed by atoms with E-state index in [2.05, 4.69) is 21.2 Å². The molecule has 0 aliphatic carbocycles. The molecule has 2 N–H and O–H groups in total. The van der Waals surface area contributed by atoms with Gasteiger partial charge >= 0.3 is 5.97 Å². The number of aliphatic carboxylic acids is 1. The highest BCUT2D eigenvalue weighted by atomic mass is 79.9. The van der Waals surface area contributed by atoms with Gasteiger partial charge in [0.05, 0.1) is 12.5 Å². The summed E-state index contributed by atoms with van der Waals surface area (Å²) in [5, 5.41) is 11.5.